The highest BCUT2D eigenvalue weighted by molar-refractivity contribution is 5.89. The minimum absolute atomic E-state index is 0.0317. The van der Waals surface area contributed by atoms with Gasteiger partial charge in [-0.1, -0.05) is 41.0 Å². The lowest BCUT2D eigenvalue weighted by atomic mass is 9.90. The van der Waals surface area contributed by atoms with Crippen LogP contribution in [0.3, 0.4) is 0 Å². The Labute approximate surface area is 235 Å². The third-order valence-corrected chi connectivity index (χ3v) is 8.11. The van der Waals surface area contributed by atoms with Crippen molar-refractivity contribution in [3.63, 3.8) is 0 Å². The lowest BCUT2D eigenvalue weighted by Crippen LogP contribution is -2.55. The van der Waals surface area contributed by atoms with Gasteiger partial charge in [-0.05, 0) is 38.5 Å². The standard InChI is InChI=1S/C29H53N3O7/c1-11-18(4)27(31(8)24(35)15-17(2)3)23(38-9)16-25(36)32-14-12-13-22(32)28(39-10)19(5)29(37)30-26(20(6)33)21(7)34/h17-20,22-23,26-28,33H,11-16H2,1-10H3,(H,30,37)/t18-,19+,20?,22-,23+,26?,27-,28?/m0/s1. The lowest BCUT2D eigenvalue weighted by molar-refractivity contribution is -0.146. The fraction of sp³-hybridized carbons (Fsp3) is 0.862. The number of hydrogen-bond donors (Lipinski definition) is 2. The molecule has 0 radical (unpaired) electrons. The molecule has 2 N–H and O–H groups in total. The topological polar surface area (TPSA) is 125 Å². The molecule has 10 heteroatoms. The molecule has 0 bridgehead atoms. The van der Waals surface area contributed by atoms with Crippen LogP contribution in [0.25, 0.3) is 0 Å². The Bertz CT molecular complexity index is 819. The van der Waals surface area contributed by atoms with Crippen LogP contribution in [0.4, 0.5) is 0 Å². The Morgan fingerprint density at radius 1 is 1.05 bits per heavy atom. The van der Waals surface area contributed by atoms with Crippen molar-refractivity contribution in [1.82, 2.24) is 15.1 Å². The third kappa shape index (κ3) is 9.53. The van der Waals surface area contributed by atoms with Crippen LogP contribution in [0.2, 0.25) is 0 Å². The van der Waals surface area contributed by atoms with Crippen LogP contribution in [0.5, 0.6) is 0 Å². The van der Waals surface area contributed by atoms with E-state index in [9.17, 15) is 24.3 Å². The minimum atomic E-state index is -1.03. The zero-order valence-electron chi connectivity index (χ0n) is 25.7. The molecular weight excluding hydrogens is 502 g/mol. The smallest absolute Gasteiger partial charge is 0.226 e. The predicted molar refractivity (Wildman–Crippen MR) is 150 cm³/mol. The van der Waals surface area contributed by atoms with E-state index in [1.54, 1.807) is 30.9 Å². The van der Waals surface area contributed by atoms with Gasteiger partial charge in [-0.3, -0.25) is 19.2 Å². The third-order valence-electron chi connectivity index (χ3n) is 8.11. The number of nitrogens with zero attached hydrogens (tertiary/aromatic N) is 2. The highest BCUT2D eigenvalue weighted by atomic mass is 16.5. The lowest BCUT2D eigenvalue weighted by Gasteiger charge is -2.39. The first-order valence-corrected chi connectivity index (χ1v) is 14.3. The van der Waals surface area contributed by atoms with Crippen LogP contribution >= 0.6 is 0 Å². The molecule has 10 nitrogen and oxygen atoms in total. The highest BCUT2D eigenvalue weighted by Gasteiger charge is 2.42. The Kier molecular flexibility index (Phi) is 14.6. The number of nitrogens with one attached hydrogen (secondary N) is 1. The van der Waals surface area contributed by atoms with Crippen LogP contribution < -0.4 is 5.32 Å². The summed E-state index contributed by atoms with van der Waals surface area (Å²) in [5.74, 6) is -1.15. The normalized spacial score (nSPS) is 21.0. The molecule has 1 aliphatic rings. The molecule has 1 heterocycles. The number of hydrogen-bond acceptors (Lipinski definition) is 7. The maximum atomic E-state index is 13.7. The molecule has 0 aromatic rings. The molecule has 0 saturated carbocycles. The quantitative estimate of drug-likeness (QED) is 0.300. The number of likely N-dealkylation sites (N-methyl/N-ethyl adjacent to an activating group) is 1. The summed E-state index contributed by atoms with van der Waals surface area (Å²) in [6.07, 6.45) is 0.694. The van der Waals surface area contributed by atoms with Gasteiger partial charge in [-0.25, -0.2) is 0 Å². The SMILES string of the molecule is CC[C@H](C)[C@@H]([C@@H](CC(=O)N1CCC[C@H]1C(OC)[C@@H](C)C(=O)NC(C(C)=O)C(C)O)OC)N(C)C(=O)CC(C)C. The molecule has 0 aliphatic carbocycles. The monoisotopic (exact) mass is 555 g/mol. The van der Waals surface area contributed by atoms with Gasteiger partial charge < -0.3 is 29.7 Å². The summed E-state index contributed by atoms with van der Waals surface area (Å²) in [6.45, 7) is 13.2. The number of carbonyl (C=O) groups is 4. The number of methoxy groups -OCH3 is 2. The van der Waals surface area contributed by atoms with Gasteiger partial charge in [0.05, 0.1) is 42.7 Å². The maximum Gasteiger partial charge on any atom is 0.226 e. The average molecular weight is 556 g/mol. The Morgan fingerprint density at radius 2 is 1.67 bits per heavy atom. The van der Waals surface area contributed by atoms with E-state index in [0.29, 0.717) is 19.4 Å². The van der Waals surface area contributed by atoms with Gasteiger partial charge in [0.25, 0.3) is 0 Å². The number of Topliss-reactive ketones (excluding diaryl/α,β-unsaturated/α-hetero) is 1. The summed E-state index contributed by atoms with van der Waals surface area (Å²) in [6, 6.07) is -1.59. The average Bonchev–Trinajstić information content (AvgIpc) is 3.35. The van der Waals surface area contributed by atoms with E-state index < -0.39 is 36.2 Å². The van der Waals surface area contributed by atoms with E-state index in [4.69, 9.17) is 9.47 Å². The summed E-state index contributed by atoms with van der Waals surface area (Å²) in [5.41, 5.74) is 0. The first-order chi connectivity index (χ1) is 18.2. The fourth-order valence-corrected chi connectivity index (χ4v) is 5.67. The number of rotatable bonds is 16. The van der Waals surface area contributed by atoms with E-state index in [0.717, 1.165) is 12.8 Å². The van der Waals surface area contributed by atoms with E-state index in [2.05, 4.69) is 19.2 Å². The van der Waals surface area contributed by atoms with Crippen LogP contribution in [-0.2, 0) is 28.7 Å². The van der Waals surface area contributed by atoms with Gasteiger partial charge in [0, 0.05) is 34.2 Å². The van der Waals surface area contributed by atoms with Crippen molar-refractivity contribution >= 4 is 23.5 Å². The Hall–Kier alpha value is -2.04. The minimum Gasteiger partial charge on any atom is -0.391 e. The van der Waals surface area contributed by atoms with Crippen molar-refractivity contribution < 1.29 is 33.8 Å². The number of aliphatic hydroxyl groups is 1. The molecular formula is C29H53N3O7. The number of likely N-dealkylation sites (tertiary alicyclic amines) is 1. The number of aliphatic hydroxyl groups excluding tert-OH is 1. The molecule has 1 rings (SSSR count). The zero-order valence-corrected chi connectivity index (χ0v) is 25.7. The second kappa shape index (κ2) is 16.3. The van der Waals surface area contributed by atoms with Crippen LogP contribution in [-0.4, -0.2) is 103 Å². The molecule has 1 saturated heterocycles. The van der Waals surface area contributed by atoms with Gasteiger partial charge in [0.2, 0.25) is 17.7 Å². The molecule has 226 valence electrons. The highest BCUT2D eigenvalue weighted by Crippen LogP contribution is 2.29. The van der Waals surface area contributed by atoms with Crippen LogP contribution in [0.15, 0.2) is 0 Å². The fourth-order valence-electron chi connectivity index (χ4n) is 5.67. The molecule has 8 atom stereocenters. The van der Waals surface area contributed by atoms with Crippen molar-refractivity contribution in [1.29, 1.82) is 0 Å². The summed E-state index contributed by atoms with van der Waals surface area (Å²) in [4.78, 5) is 55.0. The van der Waals surface area contributed by atoms with Crippen molar-refractivity contribution in [3.05, 3.63) is 0 Å². The Balaban J connectivity index is 3.11. The number of ether oxygens (including phenoxy) is 2. The van der Waals surface area contributed by atoms with E-state index in [1.165, 1.54) is 21.0 Å². The van der Waals surface area contributed by atoms with Gasteiger partial charge in [-0.2, -0.15) is 0 Å². The molecule has 39 heavy (non-hydrogen) atoms. The maximum absolute atomic E-state index is 13.7. The zero-order chi connectivity index (χ0) is 30.0. The van der Waals surface area contributed by atoms with Crippen molar-refractivity contribution in [2.75, 3.05) is 27.8 Å². The molecule has 1 fully saturated rings. The first kappa shape index (κ1) is 35.0. The summed E-state index contributed by atoms with van der Waals surface area (Å²) < 4.78 is 11.6. The molecule has 3 unspecified atom stereocenters. The second-order valence-corrected chi connectivity index (χ2v) is 11.6. The number of amides is 3. The van der Waals surface area contributed by atoms with E-state index in [-0.39, 0.29) is 47.9 Å². The molecule has 0 aromatic carbocycles. The number of carbonyl (C=O) groups excluding carboxylic acids is 4. The van der Waals surface area contributed by atoms with E-state index >= 15 is 0 Å². The van der Waals surface area contributed by atoms with Gasteiger partial charge in [0.1, 0.15) is 6.04 Å². The van der Waals surface area contributed by atoms with Crippen molar-refractivity contribution in [2.24, 2.45) is 17.8 Å². The van der Waals surface area contributed by atoms with Gasteiger partial charge in [-0.15, -0.1) is 0 Å². The molecule has 3 amide bonds. The van der Waals surface area contributed by atoms with Crippen LogP contribution in [0, 0.1) is 17.8 Å². The summed E-state index contributed by atoms with van der Waals surface area (Å²) >= 11 is 0. The van der Waals surface area contributed by atoms with Crippen molar-refractivity contribution in [3.8, 4) is 0 Å². The molecule has 0 spiro atoms. The summed E-state index contributed by atoms with van der Waals surface area (Å²) in [5, 5.41) is 12.5. The number of ketones is 1. The van der Waals surface area contributed by atoms with Gasteiger partial charge in [0.15, 0.2) is 5.78 Å². The summed E-state index contributed by atoms with van der Waals surface area (Å²) in [7, 11) is 4.88. The van der Waals surface area contributed by atoms with Crippen molar-refractivity contribution in [2.45, 2.75) is 117 Å². The predicted octanol–water partition coefficient (Wildman–Crippen LogP) is 2.41. The van der Waals surface area contributed by atoms with Gasteiger partial charge >= 0.3 is 0 Å². The molecule has 0 aromatic heterocycles. The van der Waals surface area contributed by atoms with Crippen LogP contribution in [0.1, 0.15) is 80.6 Å². The van der Waals surface area contributed by atoms with E-state index in [1.807, 2.05) is 13.8 Å². The Morgan fingerprint density at radius 3 is 2.13 bits per heavy atom. The largest absolute Gasteiger partial charge is 0.391 e. The first-order valence-electron chi connectivity index (χ1n) is 14.3. The molecule has 1 aliphatic heterocycles. The second-order valence-electron chi connectivity index (χ2n) is 11.6.